The lowest BCUT2D eigenvalue weighted by Crippen LogP contribution is -2.56. The van der Waals surface area contributed by atoms with E-state index < -0.39 is 11.7 Å². The predicted octanol–water partition coefficient (Wildman–Crippen LogP) is 4.69. The molecule has 2 atom stereocenters. The highest BCUT2D eigenvalue weighted by molar-refractivity contribution is 9.10. The van der Waals surface area contributed by atoms with Crippen LogP contribution in [0.25, 0.3) is 0 Å². The predicted molar refractivity (Wildman–Crippen MR) is 97.7 cm³/mol. The number of benzene rings is 1. The van der Waals surface area contributed by atoms with Crippen LogP contribution in [0.2, 0.25) is 0 Å². The third-order valence-electron chi connectivity index (χ3n) is 3.62. The maximum Gasteiger partial charge on any atom is 0.408 e. The standard InChI is InChI=1S/C17H25BrFN3O2/c1-16(2,3)13(22-15(23)24-17(4,5)6)14-20-11-7-9(18)10(19)8-12(11)21-14/h7-8,13-14,20-21H,1-6H3,(H,22,23)/t13-,14?/m1/s1. The third kappa shape index (κ3) is 4.53. The van der Waals surface area contributed by atoms with Crippen molar-refractivity contribution in [2.75, 3.05) is 10.6 Å². The quantitative estimate of drug-likeness (QED) is 0.672. The molecule has 1 amide bonds. The van der Waals surface area contributed by atoms with Crippen LogP contribution in [0.4, 0.5) is 20.6 Å². The Bertz CT molecular complexity index is 607. The Morgan fingerprint density at radius 1 is 1.21 bits per heavy atom. The van der Waals surface area contributed by atoms with Gasteiger partial charge < -0.3 is 20.7 Å². The molecular formula is C17H25BrFN3O2. The van der Waals surface area contributed by atoms with E-state index in [-0.39, 0.29) is 23.4 Å². The first kappa shape index (κ1) is 18.8. The molecule has 1 heterocycles. The number of carbonyl (C=O) groups excluding carboxylic acids is 1. The first-order valence-corrected chi connectivity index (χ1v) is 8.68. The zero-order valence-electron chi connectivity index (χ0n) is 14.9. The molecule has 0 aromatic heterocycles. The van der Waals surface area contributed by atoms with Gasteiger partial charge in [0.2, 0.25) is 0 Å². The van der Waals surface area contributed by atoms with Crippen molar-refractivity contribution in [1.29, 1.82) is 0 Å². The maximum atomic E-state index is 13.7. The van der Waals surface area contributed by atoms with Crippen molar-refractivity contribution in [3.8, 4) is 0 Å². The van der Waals surface area contributed by atoms with Crippen molar-refractivity contribution >= 4 is 33.4 Å². The Labute approximate surface area is 150 Å². The van der Waals surface area contributed by atoms with Gasteiger partial charge in [0.05, 0.1) is 21.9 Å². The normalized spacial score (nSPS) is 18.2. The van der Waals surface area contributed by atoms with Crippen LogP contribution >= 0.6 is 15.9 Å². The zero-order valence-corrected chi connectivity index (χ0v) is 16.5. The van der Waals surface area contributed by atoms with Gasteiger partial charge >= 0.3 is 6.09 Å². The molecule has 3 N–H and O–H groups in total. The SMILES string of the molecule is CC(C)(C)OC(=O)N[C@H](C1Nc2cc(F)c(Br)cc2N1)C(C)(C)C. The van der Waals surface area contributed by atoms with Gasteiger partial charge in [-0.1, -0.05) is 20.8 Å². The van der Waals surface area contributed by atoms with Gasteiger partial charge in [-0.2, -0.15) is 0 Å². The second-order valence-electron chi connectivity index (χ2n) is 8.07. The number of hydrogen-bond donors (Lipinski definition) is 3. The minimum Gasteiger partial charge on any atom is -0.444 e. The van der Waals surface area contributed by atoms with Crippen LogP contribution in [0.5, 0.6) is 0 Å². The average Bonchev–Trinajstić information content (AvgIpc) is 2.75. The Balaban J connectivity index is 2.17. The molecule has 0 aliphatic carbocycles. The minimum absolute atomic E-state index is 0.251. The van der Waals surface area contributed by atoms with E-state index in [1.807, 2.05) is 41.5 Å². The van der Waals surface area contributed by atoms with Gasteiger partial charge in [0.25, 0.3) is 0 Å². The zero-order chi connectivity index (χ0) is 18.3. The van der Waals surface area contributed by atoms with Gasteiger partial charge in [0, 0.05) is 6.07 Å². The second kappa shape index (κ2) is 6.43. The minimum atomic E-state index is -0.569. The molecule has 2 rings (SSSR count). The van der Waals surface area contributed by atoms with Gasteiger partial charge in [-0.05, 0) is 48.2 Å². The first-order chi connectivity index (χ1) is 10.9. The van der Waals surface area contributed by atoms with Crippen molar-refractivity contribution in [3.05, 3.63) is 22.4 Å². The monoisotopic (exact) mass is 401 g/mol. The molecular weight excluding hydrogens is 377 g/mol. The van der Waals surface area contributed by atoms with E-state index in [1.165, 1.54) is 6.07 Å². The number of nitrogens with one attached hydrogen (secondary N) is 3. The van der Waals surface area contributed by atoms with Crippen LogP contribution in [0.15, 0.2) is 16.6 Å². The summed E-state index contributed by atoms with van der Waals surface area (Å²) in [7, 11) is 0. The summed E-state index contributed by atoms with van der Waals surface area (Å²) in [5.41, 5.74) is 0.633. The molecule has 0 radical (unpaired) electrons. The number of rotatable bonds is 2. The number of carbonyl (C=O) groups is 1. The largest absolute Gasteiger partial charge is 0.444 e. The fraction of sp³-hybridized carbons (Fsp3) is 0.588. The summed E-state index contributed by atoms with van der Waals surface area (Å²) in [5.74, 6) is -0.337. The van der Waals surface area contributed by atoms with E-state index in [4.69, 9.17) is 4.74 Å². The molecule has 1 unspecified atom stereocenters. The van der Waals surface area contributed by atoms with Gasteiger partial charge in [-0.25, -0.2) is 9.18 Å². The van der Waals surface area contributed by atoms with E-state index in [0.29, 0.717) is 10.2 Å². The van der Waals surface area contributed by atoms with Crippen molar-refractivity contribution in [1.82, 2.24) is 5.32 Å². The fourth-order valence-corrected chi connectivity index (χ4v) is 2.90. The number of anilines is 2. The molecule has 5 nitrogen and oxygen atoms in total. The van der Waals surface area contributed by atoms with E-state index in [9.17, 15) is 9.18 Å². The van der Waals surface area contributed by atoms with E-state index in [0.717, 1.165) is 5.69 Å². The van der Waals surface area contributed by atoms with E-state index in [2.05, 4.69) is 31.9 Å². The molecule has 0 bridgehead atoms. The topological polar surface area (TPSA) is 62.4 Å². The smallest absolute Gasteiger partial charge is 0.408 e. The van der Waals surface area contributed by atoms with Gasteiger partial charge in [-0.15, -0.1) is 0 Å². The Kier molecular flexibility index (Phi) is 5.04. The summed E-state index contributed by atoms with van der Waals surface area (Å²) in [6.07, 6.45) is -0.754. The number of alkyl carbamates (subject to hydrolysis) is 1. The average molecular weight is 402 g/mol. The lowest BCUT2D eigenvalue weighted by Gasteiger charge is -2.36. The number of fused-ring (bicyclic) bond motifs is 1. The number of ether oxygens (including phenoxy) is 1. The van der Waals surface area contributed by atoms with Crippen molar-refractivity contribution in [3.63, 3.8) is 0 Å². The summed E-state index contributed by atoms with van der Waals surface area (Å²) in [6, 6.07) is 2.84. The summed E-state index contributed by atoms with van der Waals surface area (Å²) in [4.78, 5) is 12.2. The molecule has 0 saturated carbocycles. The second-order valence-corrected chi connectivity index (χ2v) is 8.92. The summed E-state index contributed by atoms with van der Waals surface area (Å²) < 4.78 is 19.5. The molecule has 0 saturated heterocycles. The molecule has 24 heavy (non-hydrogen) atoms. The van der Waals surface area contributed by atoms with Crippen LogP contribution in [0.1, 0.15) is 41.5 Å². The van der Waals surface area contributed by atoms with Crippen molar-refractivity contribution in [2.24, 2.45) is 5.41 Å². The Hall–Kier alpha value is -1.50. The summed E-state index contributed by atoms with van der Waals surface area (Å²) in [5, 5.41) is 9.46. The fourth-order valence-electron chi connectivity index (χ4n) is 2.56. The number of amides is 1. The van der Waals surface area contributed by atoms with Gasteiger partial charge in [-0.3, -0.25) is 0 Å². The first-order valence-electron chi connectivity index (χ1n) is 7.88. The molecule has 7 heteroatoms. The van der Waals surface area contributed by atoms with Gasteiger partial charge in [0.15, 0.2) is 0 Å². The molecule has 0 fully saturated rings. The maximum absolute atomic E-state index is 13.7. The molecule has 1 aliphatic rings. The lowest BCUT2D eigenvalue weighted by molar-refractivity contribution is 0.0458. The summed E-state index contributed by atoms with van der Waals surface area (Å²) in [6.45, 7) is 11.5. The number of hydrogen-bond acceptors (Lipinski definition) is 4. The van der Waals surface area contributed by atoms with Crippen LogP contribution in [0, 0.1) is 11.2 Å². The highest BCUT2D eigenvalue weighted by Gasteiger charge is 2.38. The Morgan fingerprint density at radius 3 is 2.25 bits per heavy atom. The molecule has 0 spiro atoms. The van der Waals surface area contributed by atoms with Crippen molar-refractivity contribution < 1.29 is 13.9 Å². The molecule has 134 valence electrons. The lowest BCUT2D eigenvalue weighted by atomic mass is 9.85. The van der Waals surface area contributed by atoms with Crippen LogP contribution in [-0.4, -0.2) is 23.9 Å². The van der Waals surface area contributed by atoms with Gasteiger partial charge in [0.1, 0.15) is 17.6 Å². The van der Waals surface area contributed by atoms with E-state index in [1.54, 1.807) is 6.07 Å². The van der Waals surface area contributed by atoms with Crippen LogP contribution in [-0.2, 0) is 4.74 Å². The third-order valence-corrected chi connectivity index (χ3v) is 4.23. The van der Waals surface area contributed by atoms with E-state index >= 15 is 0 Å². The highest BCUT2D eigenvalue weighted by Crippen LogP contribution is 2.36. The summed E-state index contributed by atoms with van der Waals surface area (Å²) >= 11 is 3.19. The number of halogens is 2. The highest BCUT2D eigenvalue weighted by atomic mass is 79.9. The molecule has 1 aromatic rings. The van der Waals surface area contributed by atoms with Crippen LogP contribution in [0.3, 0.4) is 0 Å². The van der Waals surface area contributed by atoms with Crippen molar-refractivity contribution in [2.45, 2.75) is 59.4 Å². The molecule has 1 aliphatic heterocycles. The van der Waals surface area contributed by atoms with Crippen LogP contribution < -0.4 is 16.0 Å². The Morgan fingerprint density at radius 2 is 1.75 bits per heavy atom. The molecule has 1 aromatic carbocycles.